The van der Waals surface area contributed by atoms with Crippen LogP contribution in [0.3, 0.4) is 0 Å². The molecule has 0 radical (unpaired) electrons. The van der Waals surface area contributed by atoms with Gasteiger partial charge in [0.05, 0.1) is 18.4 Å². The number of carbonyl (C=O) groups excluding carboxylic acids is 1. The number of rotatable bonds is 6. The number of tetrazole rings is 1. The molecule has 1 atom stereocenters. The van der Waals surface area contributed by atoms with Crippen molar-refractivity contribution in [3.63, 3.8) is 0 Å². The number of fused-ring (bicyclic) bond motifs is 1. The molecule has 9 nitrogen and oxygen atoms in total. The van der Waals surface area contributed by atoms with Crippen molar-refractivity contribution in [3.05, 3.63) is 18.2 Å². The maximum absolute atomic E-state index is 12.5. The molecule has 3 heterocycles. The largest absolute Gasteiger partial charge is 0.448 e. The molecule has 1 spiro atoms. The smallest absolute Gasteiger partial charge is 0.251 e. The Labute approximate surface area is 178 Å². The number of carbonyl (C=O) groups is 1. The first-order valence-electron chi connectivity index (χ1n) is 10.5. The lowest BCUT2D eigenvalue weighted by atomic mass is 9.94. The quantitative estimate of drug-likeness (QED) is 0.697. The minimum absolute atomic E-state index is 0.127. The normalized spacial score (nSPS) is 21.8. The van der Waals surface area contributed by atoms with Gasteiger partial charge >= 0.3 is 0 Å². The van der Waals surface area contributed by atoms with Crippen LogP contribution in [0.25, 0.3) is 0 Å². The van der Waals surface area contributed by atoms with E-state index in [-0.39, 0.29) is 17.8 Å². The summed E-state index contributed by atoms with van der Waals surface area (Å²) in [5.74, 6) is 1.02. The van der Waals surface area contributed by atoms with E-state index in [4.69, 9.17) is 14.2 Å². The third-order valence-electron chi connectivity index (χ3n) is 5.67. The summed E-state index contributed by atoms with van der Waals surface area (Å²) in [5.41, 5.74) is 0.690. The zero-order valence-electron chi connectivity index (χ0n) is 16.7. The molecular weight excluding hydrogens is 406 g/mol. The standard InChI is InChI=1S/C20H25N5O4S/c26-18(13-30-19-22-23-24-25(19)12-15-5-4-10-27-15)21-14-6-7-16-17(11-14)29-20(28-16)8-2-1-3-9-20/h6-7,11,15H,1-5,8-10,12-13H2,(H,21,26)/t15-/m1/s1. The first-order valence-corrected chi connectivity index (χ1v) is 11.5. The molecule has 3 aliphatic rings. The lowest BCUT2D eigenvalue weighted by molar-refractivity contribution is -0.113. The fourth-order valence-electron chi connectivity index (χ4n) is 4.19. The molecule has 160 valence electrons. The van der Waals surface area contributed by atoms with Gasteiger partial charge in [-0.3, -0.25) is 4.79 Å². The highest BCUT2D eigenvalue weighted by atomic mass is 32.2. The van der Waals surface area contributed by atoms with Crippen LogP contribution in [0.1, 0.15) is 44.9 Å². The van der Waals surface area contributed by atoms with Gasteiger partial charge in [0.15, 0.2) is 11.5 Å². The SMILES string of the molecule is O=C(CSc1nnnn1C[C@H]1CCCO1)Nc1ccc2c(c1)OC1(CCCCC1)O2. The number of hydrogen-bond donors (Lipinski definition) is 1. The van der Waals surface area contributed by atoms with Gasteiger partial charge in [-0.15, -0.1) is 5.10 Å². The highest BCUT2D eigenvalue weighted by Gasteiger charge is 2.42. The minimum atomic E-state index is -0.515. The molecule has 0 unspecified atom stereocenters. The molecule has 1 saturated carbocycles. The van der Waals surface area contributed by atoms with E-state index < -0.39 is 5.79 Å². The summed E-state index contributed by atoms with van der Waals surface area (Å²) >= 11 is 1.31. The second-order valence-corrected chi connectivity index (χ2v) is 8.89. The summed E-state index contributed by atoms with van der Waals surface area (Å²) in [6.45, 7) is 1.40. The van der Waals surface area contributed by atoms with Gasteiger partial charge < -0.3 is 19.5 Å². The van der Waals surface area contributed by atoms with Crippen LogP contribution in [0.15, 0.2) is 23.4 Å². The van der Waals surface area contributed by atoms with Gasteiger partial charge in [0.1, 0.15) is 0 Å². The molecule has 1 aromatic carbocycles. The summed E-state index contributed by atoms with van der Waals surface area (Å²) in [4.78, 5) is 12.5. The van der Waals surface area contributed by atoms with Crippen molar-refractivity contribution in [1.82, 2.24) is 20.2 Å². The molecule has 30 heavy (non-hydrogen) atoms. The summed E-state index contributed by atoms with van der Waals surface area (Å²) in [7, 11) is 0. The predicted octanol–water partition coefficient (Wildman–Crippen LogP) is 3.01. The van der Waals surface area contributed by atoms with Crippen molar-refractivity contribution in [2.24, 2.45) is 0 Å². The summed E-state index contributed by atoms with van der Waals surface area (Å²) in [6.07, 6.45) is 7.47. The summed E-state index contributed by atoms with van der Waals surface area (Å²) < 4.78 is 19.6. The maximum Gasteiger partial charge on any atom is 0.251 e. The maximum atomic E-state index is 12.5. The summed E-state index contributed by atoms with van der Waals surface area (Å²) in [5, 5.41) is 15.3. The zero-order valence-corrected chi connectivity index (χ0v) is 17.5. The summed E-state index contributed by atoms with van der Waals surface area (Å²) in [6, 6.07) is 5.54. The van der Waals surface area contributed by atoms with Crippen LogP contribution in [0.5, 0.6) is 11.5 Å². The fourth-order valence-corrected chi connectivity index (χ4v) is 4.88. The van der Waals surface area contributed by atoms with E-state index >= 15 is 0 Å². The molecule has 2 fully saturated rings. The Bertz CT molecular complexity index is 908. The van der Waals surface area contributed by atoms with Gasteiger partial charge in [-0.05, 0) is 48.2 Å². The number of aromatic nitrogens is 4. The molecule has 10 heteroatoms. The van der Waals surface area contributed by atoms with Crippen LogP contribution in [0.4, 0.5) is 5.69 Å². The molecule has 5 rings (SSSR count). The second kappa shape index (κ2) is 8.43. The van der Waals surface area contributed by atoms with Crippen molar-refractivity contribution in [3.8, 4) is 11.5 Å². The second-order valence-electron chi connectivity index (χ2n) is 7.95. The number of hydrogen-bond acceptors (Lipinski definition) is 8. The average Bonchev–Trinajstić information content (AvgIpc) is 3.48. The Morgan fingerprint density at radius 3 is 2.90 bits per heavy atom. The van der Waals surface area contributed by atoms with Crippen LogP contribution in [-0.2, 0) is 16.1 Å². The fraction of sp³-hybridized carbons (Fsp3) is 0.600. The van der Waals surface area contributed by atoms with Gasteiger partial charge in [0.25, 0.3) is 5.79 Å². The van der Waals surface area contributed by atoms with Crippen molar-refractivity contribution in [1.29, 1.82) is 0 Å². The van der Waals surface area contributed by atoms with Gasteiger partial charge in [0, 0.05) is 31.2 Å². The number of ether oxygens (including phenoxy) is 3. The Kier molecular flexibility index (Phi) is 5.51. The monoisotopic (exact) mass is 431 g/mol. The Morgan fingerprint density at radius 2 is 2.07 bits per heavy atom. The van der Waals surface area contributed by atoms with E-state index in [1.165, 1.54) is 18.2 Å². The van der Waals surface area contributed by atoms with E-state index in [0.717, 1.165) is 50.9 Å². The van der Waals surface area contributed by atoms with Gasteiger partial charge in [0.2, 0.25) is 11.1 Å². The number of thioether (sulfide) groups is 1. The third kappa shape index (κ3) is 4.24. The molecule has 1 aromatic heterocycles. The van der Waals surface area contributed by atoms with Crippen molar-refractivity contribution in [2.75, 3.05) is 17.7 Å². The van der Waals surface area contributed by atoms with E-state index in [2.05, 4.69) is 20.8 Å². The molecule has 1 saturated heterocycles. The predicted molar refractivity (Wildman–Crippen MR) is 110 cm³/mol. The topological polar surface area (TPSA) is 100 Å². The highest BCUT2D eigenvalue weighted by molar-refractivity contribution is 7.99. The molecule has 2 aromatic rings. The van der Waals surface area contributed by atoms with E-state index in [1.807, 2.05) is 18.2 Å². The van der Waals surface area contributed by atoms with Gasteiger partial charge in [-0.1, -0.05) is 18.2 Å². The molecule has 1 N–H and O–H groups in total. The zero-order chi connectivity index (χ0) is 20.4. The van der Waals surface area contributed by atoms with Gasteiger partial charge in [-0.25, -0.2) is 4.68 Å². The number of nitrogens with one attached hydrogen (secondary N) is 1. The average molecular weight is 432 g/mol. The molecule has 1 aliphatic carbocycles. The number of anilines is 1. The Balaban J connectivity index is 1.16. The minimum Gasteiger partial charge on any atom is -0.448 e. The Morgan fingerprint density at radius 1 is 1.20 bits per heavy atom. The van der Waals surface area contributed by atoms with E-state index in [9.17, 15) is 4.79 Å². The van der Waals surface area contributed by atoms with E-state index in [0.29, 0.717) is 23.1 Å². The van der Waals surface area contributed by atoms with Crippen LogP contribution in [0.2, 0.25) is 0 Å². The van der Waals surface area contributed by atoms with Crippen LogP contribution >= 0.6 is 11.8 Å². The van der Waals surface area contributed by atoms with Crippen LogP contribution in [-0.4, -0.2) is 50.4 Å². The molecular formula is C20H25N5O4S. The lowest BCUT2D eigenvalue weighted by Gasteiger charge is -2.31. The number of nitrogens with zero attached hydrogens (tertiary/aromatic N) is 4. The molecule has 1 amide bonds. The van der Waals surface area contributed by atoms with Crippen molar-refractivity contribution in [2.45, 2.75) is 68.5 Å². The number of amides is 1. The lowest BCUT2D eigenvalue weighted by Crippen LogP contribution is -2.40. The Hall–Kier alpha value is -2.33. The first kappa shape index (κ1) is 19.6. The highest BCUT2D eigenvalue weighted by Crippen LogP contribution is 2.46. The van der Waals surface area contributed by atoms with Gasteiger partial charge in [-0.2, -0.15) is 0 Å². The van der Waals surface area contributed by atoms with Crippen LogP contribution in [0, 0.1) is 0 Å². The van der Waals surface area contributed by atoms with E-state index in [1.54, 1.807) is 4.68 Å². The van der Waals surface area contributed by atoms with Crippen molar-refractivity contribution >= 4 is 23.4 Å². The molecule has 2 aliphatic heterocycles. The third-order valence-corrected chi connectivity index (χ3v) is 6.62. The first-order chi connectivity index (χ1) is 14.7. The van der Waals surface area contributed by atoms with Crippen LogP contribution < -0.4 is 14.8 Å². The number of benzene rings is 1. The van der Waals surface area contributed by atoms with Crippen molar-refractivity contribution < 1.29 is 19.0 Å². The molecule has 0 bridgehead atoms.